The van der Waals surface area contributed by atoms with Crippen molar-refractivity contribution < 1.29 is 14.7 Å². The summed E-state index contributed by atoms with van der Waals surface area (Å²) in [5.74, 6) is 0.356. The standard InChI is InChI=1S/C12H22N2O3/c15-9-10-5-7-14(8-6-10)12(16)13-17-11-3-1-2-4-11/h10-11,15H,1-9H2,(H,13,16). The van der Waals surface area contributed by atoms with Crippen LogP contribution in [0.3, 0.4) is 0 Å². The lowest BCUT2D eigenvalue weighted by Gasteiger charge is -2.31. The van der Waals surface area contributed by atoms with E-state index in [1.165, 1.54) is 12.8 Å². The summed E-state index contributed by atoms with van der Waals surface area (Å²) in [5.41, 5.74) is 2.55. The van der Waals surface area contributed by atoms with Gasteiger partial charge < -0.3 is 10.0 Å². The number of urea groups is 1. The van der Waals surface area contributed by atoms with Crippen LogP contribution in [0.5, 0.6) is 0 Å². The topological polar surface area (TPSA) is 61.8 Å². The predicted octanol–water partition coefficient (Wildman–Crippen LogP) is 1.27. The van der Waals surface area contributed by atoms with Gasteiger partial charge in [0.2, 0.25) is 0 Å². The molecular weight excluding hydrogens is 220 g/mol. The first-order valence-corrected chi connectivity index (χ1v) is 6.61. The molecule has 2 rings (SSSR count). The molecule has 1 aliphatic heterocycles. The van der Waals surface area contributed by atoms with Crippen molar-refractivity contribution in [2.24, 2.45) is 5.92 Å². The number of likely N-dealkylation sites (tertiary alicyclic amines) is 1. The maximum atomic E-state index is 11.8. The number of hydrogen-bond donors (Lipinski definition) is 2. The van der Waals surface area contributed by atoms with Crippen LogP contribution in [0.25, 0.3) is 0 Å². The second-order valence-electron chi connectivity index (χ2n) is 5.04. The molecule has 0 bridgehead atoms. The Bertz CT molecular complexity index is 246. The smallest absolute Gasteiger partial charge is 0.341 e. The Labute approximate surface area is 102 Å². The van der Waals surface area contributed by atoms with Crippen LogP contribution in [0.15, 0.2) is 0 Å². The van der Waals surface area contributed by atoms with Crippen molar-refractivity contribution in [2.75, 3.05) is 19.7 Å². The maximum Gasteiger partial charge on any atom is 0.341 e. The minimum absolute atomic E-state index is 0.131. The molecule has 5 nitrogen and oxygen atoms in total. The van der Waals surface area contributed by atoms with Gasteiger partial charge in [-0.05, 0) is 31.6 Å². The van der Waals surface area contributed by atoms with Crippen molar-refractivity contribution in [3.05, 3.63) is 0 Å². The average Bonchev–Trinajstić information content (AvgIpc) is 2.89. The zero-order valence-corrected chi connectivity index (χ0v) is 10.2. The number of aliphatic hydroxyl groups is 1. The Hall–Kier alpha value is -0.810. The van der Waals surface area contributed by atoms with E-state index >= 15 is 0 Å². The molecule has 1 heterocycles. The van der Waals surface area contributed by atoms with Crippen LogP contribution in [-0.2, 0) is 4.84 Å². The molecule has 0 radical (unpaired) electrons. The molecule has 1 aliphatic carbocycles. The minimum Gasteiger partial charge on any atom is -0.396 e. The molecule has 2 fully saturated rings. The van der Waals surface area contributed by atoms with Crippen LogP contribution in [0.1, 0.15) is 38.5 Å². The molecule has 2 amide bonds. The molecule has 98 valence electrons. The first kappa shape index (κ1) is 12.6. The highest BCUT2D eigenvalue weighted by Gasteiger charge is 2.23. The summed E-state index contributed by atoms with van der Waals surface area (Å²) in [5, 5.41) is 9.02. The molecule has 0 aromatic carbocycles. The summed E-state index contributed by atoms with van der Waals surface area (Å²) in [4.78, 5) is 18.9. The summed E-state index contributed by atoms with van der Waals surface area (Å²) in [6.45, 7) is 1.66. The van der Waals surface area contributed by atoms with Gasteiger partial charge in [-0.2, -0.15) is 0 Å². The van der Waals surface area contributed by atoms with E-state index < -0.39 is 0 Å². The molecule has 0 aromatic rings. The van der Waals surface area contributed by atoms with Crippen molar-refractivity contribution in [1.29, 1.82) is 0 Å². The summed E-state index contributed by atoms with van der Waals surface area (Å²) in [7, 11) is 0. The van der Waals surface area contributed by atoms with Crippen molar-refractivity contribution in [3.63, 3.8) is 0 Å². The van der Waals surface area contributed by atoms with Gasteiger partial charge in [-0.1, -0.05) is 12.8 Å². The number of hydroxylamine groups is 1. The number of nitrogens with one attached hydrogen (secondary N) is 1. The van der Waals surface area contributed by atoms with Gasteiger partial charge in [0.25, 0.3) is 0 Å². The molecule has 0 unspecified atom stereocenters. The minimum atomic E-state index is -0.131. The highest BCUT2D eigenvalue weighted by Crippen LogP contribution is 2.20. The number of carbonyl (C=O) groups is 1. The fourth-order valence-corrected chi connectivity index (χ4v) is 2.52. The number of nitrogens with zero attached hydrogens (tertiary/aromatic N) is 1. The summed E-state index contributed by atoms with van der Waals surface area (Å²) in [6.07, 6.45) is 6.46. The van der Waals surface area contributed by atoms with E-state index in [1.54, 1.807) is 4.90 Å². The fourth-order valence-electron chi connectivity index (χ4n) is 2.52. The van der Waals surface area contributed by atoms with Crippen molar-refractivity contribution in [1.82, 2.24) is 10.4 Å². The molecule has 0 aromatic heterocycles. The molecule has 2 N–H and O–H groups in total. The molecule has 0 atom stereocenters. The molecule has 2 aliphatic rings. The van der Waals surface area contributed by atoms with Crippen molar-refractivity contribution in [3.8, 4) is 0 Å². The van der Waals surface area contributed by atoms with E-state index in [4.69, 9.17) is 9.94 Å². The third kappa shape index (κ3) is 3.57. The molecular formula is C12H22N2O3. The number of rotatable bonds is 3. The summed E-state index contributed by atoms with van der Waals surface area (Å²) < 4.78 is 0. The lowest BCUT2D eigenvalue weighted by Crippen LogP contribution is -2.45. The van der Waals surface area contributed by atoms with Gasteiger partial charge in [0, 0.05) is 19.7 Å². The Morgan fingerprint density at radius 3 is 2.47 bits per heavy atom. The van der Waals surface area contributed by atoms with Gasteiger partial charge in [-0.25, -0.2) is 10.3 Å². The van der Waals surface area contributed by atoms with E-state index in [1.807, 2.05) is 0 Å². The summed E-state index contributed by atoms with van der Waals surface area (Å²) >= 11 is 0. The summed E-state index contributed by atoms with van der Waals surface area (Å²) in [6, 6.07) is -0.131. The first-order chi connectivity index (χ1) is 8.29. The van der Waals surface area contributed by atoms with Crippen molar-refractivity contribution in [2.45, 2.75) is 44.6 Å². The Morgan fingerprint density at radius 1 is 1.24 bits per heavy atom. The second-order valence-corrected chi connectivity index (χ2v) is 5.04. The molecule has 1 saturated heterocycles. The average molecular weight is 242 g/mol. The normalized spacial score (nSPS) is 23.0. The Morgan fingerprint density at radius 2 is 1.88 bits per heavy atom. The van der Waals surface area contributed by atoms with Gasteiger partial charge in [0.1, 0.15) is 0 Å². The van der Waals surface area contributed by atoms with Gasteiger partial charge in [-0.15, -0.1) is 0 Å². The number of carbonyl (C=O) groups excluding carboxylic acids is 1. The lowest BCUT2D eigenvalue weighted by atomic mass is 9.98. The monoisotopic (exact) mass is 242 g/mol. The van der Waals surface area contributed by atoms with Crippen LogP contribution in [0.4, 0.5) is 4.79 Å². The lowest BCUT2D eigenvalue weighted by molar-refractivity contribution is -0.0106. The Balaban J connectivity index is 1.66. The third-order valence-corrected chi connectivity index (χ3v) is 3.78. The van der Waals surface area contributed by atoms with E-state index in [-0.39, 0.29) is 18.7 Å². The number of amides is 2. The molecule has 17 heavy (non-hydrogen) atoms. The van der Waals surface area contributed by atoms with Crippen LogP contribution in [0, 0.1) is 5.92 Å². The zero-order valence-electron chi connectivity index (χ0n) is 10.2. The highest BCUT2D eigenvalue weighted by molar-refractivity contribution is 5.73. The van der Waals surface area contributed by atoms with Gasteiger partial charge in [0.15, 0.2) is 0 Å². The van der Waals surface area contributed by atoms with E-state index in [2.05, 4.69) is 5.48 Å². The predicted molar refractivity (Wildman–Crippen MR) is 63.3 cm³/mol. The van der Waals surface area contributed by atoms with Crippen LogP contribution >= 0.6 is 0 Å². The molecule has 0 spiro atoms. The van der Waals surface area contributed by atoms with E-state index in [9.17, 15) is 4.79 Å². The maximum absolute atomic E-state index is 11.8. The molecule has 5 heteroatoms. The van der Waals surface area contributed by atoms with Gasteiger partial charge in [0.05, 0.1) is 6.10 Å². The third-order valence-electron chi connectivity index (χ3n) is 3.78. The fraction of sp³-hybridized carbons (Fsp3) is 0.917. The SMILES string of the molecule is O=C(NOC1CCCC1)N1CCC(CO)CC1. The zero-order chi connectivity index (χ0) is 12.1. The van der Waals surface area contributed by atoms with Gasteiger partial charge >= 0.3 is 6.03 Å². The number of hydrogen-bond acceptors (Lipinski definition) is 3. The quantitative estimate of drug-likeness (QED) is 0.733. The highest BCUT2D eigenvalue weighted by atomic mass is 16.7. The van der Waals surface area contributed by atoms with E-state index in [0.717, 1.165) is 25.7 Å². The number of piperidine rings is 1. The Kier molecular flexibility index (Phi) is 4.62. The second kappa shape index (κ2) is 6.21. The molecule has 1 saturated carbocycles. The van der Waals surface area contributed by atoms with Crippen molar-refractivity contribution >= 4 is 6.03 Å². The van der Waals surface area contributed by atoms with Crippen LogP contribution < -0.4 is 5.48 Å². The van der Waals surface area contributed by atoms with Gasteiger partial charge in [-0.3, -0.25) is 4.84 Å². The van der Waals surface area contributed by atoms with Crippen LogP contribution in [0.2, 0.25) is 0 Å². The van der Waals surface area contributed by atoms with Crippen LogP contribution in [-0.4, -0.2) is 41.8 Å². The largest absolute Gasteiger partial charge is 0.396 e. The van der Waals surface area contributed by atoms with E-state index in [0.29, 0.717) is 19.0 Å². The number of aliphatic hydroxyl groups excluding tert-OH is 1. The first-order valence-electron chi connectivity index (χ1n) is 6.61.